The molecule has 0 saturated carbocycles. The highest BCUT2D eigenvalue weighted by Gasteiger charge is 2.44. The summed E-state index contributed by atoms with van der Waals surface area (Å²) in [6, 6.07) is 7.54. The van der Waals surface area contributed by atoms with Crippen LogP contribution in [0.15, 0.2) is 40.1 Å². The maximum Gasteiger partial charge on any atom is 0.328 e. The van der Waals surface area contributed by atoms with Gasteiger partial charge in [-0.3, -0.25) is 14.3 Å². The Labute approximate surface area is 155 Å². The fourth-order valence-corrected chi connectivity index (χ4v) is 3.15. The Morgan fingerprint density at radius 3 is 2.44 bits per heavy atom. The summed E-state index contributed by atoms with van der Waals surface area (Å²) < 4.78 is 7.73. The molecule has 1 saturated heterocycles. The van der Waals surface area contributed by atoms with Crippen molar-refractivity contribution in [2.75, 3.05) is 6.61 Å². The third-order valence-corrected chi connectivity index (χ3v) is 4.87. The molecule has 2 aromatic rings. The number of rotatable bonds is 4. The van der Waals surface area contributed by atoms with Gasteiger partial charge < -0.3 is 20.1 Å². The lowest BCUT2D eigenvalue weighted by atomic mass is 10.0. The molecule has 2 heterocycles. The molecule has 0 aliphatic carbocycles. The topological polar surface area (TPSA) is 125 Å². The molecule has 4 N–H and O–H groups in total. The van der Waals surface area contributed by atoms with Crippen molar-refractivity contribution in [2.45, 2.75) is 31.0 Å². The van der Waals surface area contributed by atoms with Gasteiger partial charge in [-0.2, -0.15) is 0 Å². The lowest BCUT2D eigenvalue weighted by molar-refractivity contribution is -0.0233. The molecule has 1 aromatic heterocycles. The monoisotopic (exact) mass is 460 g/mol. The molecule has 0 spiro atoms. The summed E-state index contributed by atoms with van der Waals surface area (Å²) in [5.41, 5.74) is -0.396. The van der Waals surface area contributed by atoms with E-state index in [2.05, 4.69) is 27.6 Å². The summed E-state index contributed by atoms with van der Waals surface area (Å²) in [6.45, 7) is -0.261. The van der Waals surface area contributed by atoms with Crippen LogP contribution in [0.4, 0.5) is 0 Å². The summed E-state index contributed by atoms with van der Waals surface area (Å²) >= 11 is 2.17. The van der Waals surface area contributed by atoms with Crippen molar-refractivity contribution in [1.29, 1.82) is 0 Å². The van der Waals surface area contributed by atoms with E-state index >= 15 is 0 Å². The number of aliphatic hydroxyl groups excluding tert-OH is 3. The van der Waals surface area contributed by atoms with Crippen LogP contribution in [0, 0.1) is 3.57 Å². The number of benzene rings is 1. The Morgan fingerprint density at radius 2 is 1.84 bits per heavy atom. The van der Waals surface area contributed by atoms with Gasteiger partial charge in [-0.05, 0) is 40.3 Å². The summed E-state index contributed by atoms with van der Waals surface area (Å²) in [4.78, 5) is 26.4. The Hall–Kier alpha value is -1.53. The van der Waals surface area contributed by atoms with Crippen molar-refractivity contribution in [1.82, 2.24) is 9.55 Å². The second-order valence-corrected chi connectivity index (χ2v) is 7.10. The molecule has 0 bridgehead atoms. The van der Waals surface area contributed by atoms with Gasteiger partial charge >= 0.3 is 5.69 Å². The fourth-order valence-electron chi connectivity index (χ4n) is 2.79. The highest BCUT2D eigenvalue weighted by Crippen LogP contribution is 2.31. The predicted molar refractivity (Wildman–Crippen MR) is 96.3 cm³/mol. The first kappa shape index (κ1) is 18.3. The lowest BCUT2D eigenvalue weighted by Gasteiger charge is -2.15. The first-order valence-electron chi connectivity index (χ1n) is 7.61. The number of hydrogen-bond donors (Lipinski definition) is 4. The van der Waals surface area contributed by atoms with E-state index < -0.39 is 42.3 Å². The molecule has 25 heavy (non-hydrogen) atoms. The molecule has 1 aliphatic rings. The standard InChI is InChI=1S/C16H17IN2O6/c17-9-3-1-8(2-4-9)5-19-6-10(15(23)18-16(19)24)14-13(22)12(21)11(7-20)25-14/h1-4,6,11-14,20-22H,5,7H2,(H,18,23,24)/t11-,12-,13-,14+/m1/s1. The normalized spacial score (nSPS) is 26.1. The molecule has 0 unspecified atom stereocenters. The van der Waals surface area contributed by atoms with Gasteiger partial charge in [0.1, 0.15) is 24.4 Å². The van der Waals surface area contributed by atoms with Gasteiger partial charge in [0.15, 0.2) is 0 Å². The van der Waals surface area contributed by atoms with Crippen LogP contribution in [-0.2, 0) is 11.3 Å². The summed E-state index contributed by atoms with van der Waals surface area (Å²) in [5.74, 6) is 0. The van der Waals surface area contributed by atoms with E-state index in [9.17, 15) is 19.8 Å². The van der Waals surface area contributed by atoms with Crippen LogP contribution < -0.4 is 11.2 Å². The molecule has 1 aliphatic heterocycles. The minimum Gasteiger partial charge on any atom is -0.394 e. The van der Waals surface area contributed by atoms with E-state index in [4.69, 9.17) is 9.84 Å². The molecule has 1 fully saturated rings. The van der Waals surface area contributed by atoms with Crippen LogP contribution in [0.1, 0.15) is 17.2 Å². The van der Waals surface area contributed by atoms with Gasteiger partial charge in [-0.25, -0.2) is 4.79 Å². The SMILES string of the molecule is O=c1[nH]c(=O)n(Cc2ccc(I)cc2)cc1[C@@H]1O[C@H](CO)[C@@H](O)[C@H]1O. The number of hydrogen-bond acceptors (Lipinski definition) is 6. The van der Waals surface area contributed by atoms with Gasteiger partial charge in [0.25, 0.3) is 5.56 Å². The molecule has 8 nitrogen and oxygen atoms in total. The predicted octanol–water partition coefficient (Wildman–Crippen LogP) is -0.657. The van der Waals surface area contributed by atoms with E-state index in [1.165, 1.54) is 10.8 Å². The van der Waals surface area contributed by atoms with Crippen LogP contribution in [0.2, 0.25) is 0 Å². The Kier molecular flexibility index (Phi) is 5.39. The maximum atomic E-state index is 12.1. The van der Waals surface area contributed by atoms with Gasteiger partial charge in [-0.1, -0.05) is 12.1 Å². The lowest BCUT2D eigenvalue weighted by Crippen LogP contribution is -2.36. The van der Waals surface area contributed by atoms with Crippen molar-refractivity contribution in [3.63, 3.8) is 0 Å². The van der Waals surface area contributed by atoms with Gasteiger partial charge in [-0.15, -0.1) is 0 Å². The Bertz CT molecular complexity index is 862. The second kappa shape index (κ2) is 7.38. The molecule has 1 aromatic carbocycles. The third-order valence-electron chi connectivity index (χ3n) is 4.15. The number of ether oxygens (including phenoxy) is 1. The average molecular weight is 460 g/mol. The molecule has 4 atom stereocenters. The fraction of sp³-hybridized carbons (Fsp3) is 0.375. The van der Waals surface area contributed by atoms with Gasteiger partial charge in [0.2, 0.25) is 0 Å². The minimum atomic E-state index is -1.37. The zero-order valence-electron chi connectivity index (χ0n) is 13.0. The molecular formula is C16H17IN2O6. The third kappa shape index (κ3) is 3.70. The first-order chi connectivity index (χ1) is 11.9. The first-order valence-corrected chi connectivity index (χ1v) is 8.69. The number of nitrogens with one attached hydrogen (secondary N) is 1. The highest BCUT2D eigenvalue weighted by atomic mass is 127. The molecule has 0 amide bonds. The number of halogens is 1. The van der Waals surface area contributed by atoms with Crippen LogP contribution >= 0.6 is 22.6 Å². The van der Waals surface area contributed by atoms with E-state index in [1.54, 1.807) is 0 Å². The molecular weight excluding hydrogens is 443 g/mol. The van der Waals surface area contributed by atoms with Crippen LogP contribution in [-0.4, -0.2) is 49.8 Å². The van der Waals surface area contributed by atoms with Crippen LogP contribution in [0.25, 0.3) is 0 Å². The average Bonchev–Trinajstić information content (AvgIpc) is 2.87. The molecule has 3 rings (SSSR count). The summed E-state index contributed by atoms with van der Waals surface area (Å²) in [7, 11) is 0. The largest absolute Gasteiger partial charge is 0.394 e. The van der Waals surface area contributed by atoms with Crippen molar-refractivity contribution in [2.24, 2.45) is 0 Å². The number of aromatic nitrogens is 2. The van der Waals surface area contributed by atoms with E-state index in [0.29, 0.717) is 0 Å². The van der Waals surface area contributed by atoms with E-state index in [-0.39, 0.29) is 12.1 Å². The molecule has 134 valence electrons. The maximum absolute atomic E-state index is 12.1. The summed E-state index contributed by atoms with van der Waals surface area (Å²) in [6.07, 6.45) is -3.48. The quantitative estimate of drug-likeness (QED) is 0.450. The number of nitrogens with zero attached hydrogens (tertiary/aromatic N) is 1. The van der Waals surface area contributed by atoms with Gasteiger partial charge in [0, 0.05) is 9.77 Å². The molecule has 0 radical (unpaired) electrons. The zero-order chi connectivity index (χ0) is 18.1. The van der Waals surface area contributed by atoms with E-state index in [1.807, 2.05) is 24.3 Å². The smallest absolute Gasteiger partial charge is 0.328 e. The van der Waals surface area contributed by atoms with Gasteiger partial charge in [0.05, 0.1) is 18.7 Å². The molecule has 9 heteroatoms. The number of aliphatic hydroxyl groups is 3. The van der Waals surface area contributed by atoms with Crippen molar-refractivity contribution in [3.05, 3.63) is 66.0 Å². The summed E-state index contributed by atoms with van der Waals surface area (Å²) in [5, 5.41) is 29.1. The zero-order valence-corrected chi connectivity index (χ0v) is 15.2. The van der Waals surface area contributed by atoms with Crippen molar-refractivity contribution in [3.8, 4) is 0 Å². The number of H-pyrrole nitrogens is 1. The number of aromatic amines is 1. The van der Waals surface area contributed by atoms with Crippen LogP contribution in [0.3, 0.4) is 0 Å². The van der Waals surface area contributed by atoms with E-state index in [0.717, 1.165) is 9.13 Å². The van der Waals surface area contributed by atoms with Crippen LogP contribution in [0.5, 0.6) is 0 Å². The van der Waals surface area contributed by atoms with Crippen molar-refractivity contribution < 1.29 is 20.1 Å². The Balaban J connectivity index is 1.95. The Morgan fingerprint density at radius 1 is 1.16 bits per heavy atom. The highest BCUT2D eigenvalue weighted by molar-refractivity contribution is 14.1. The van der Waals surface area contributed by atoms with Crippen molar-refractivity contribution >= 4 is 22.6 Å². The minimum absolute atomic E-state index is 0.0209. The second-order valence-electron chi connectivity index (χ2n) is 5.86.